The number of rotatable bonds is 12. The van der Waals surface area contributed by atoms with Crippen LogP contribution in [0.25, 0.3) is 0 Å². The highest BCUT2D eigenvalue weighted by Gasteiger charge is 2.29. The van der Waals surface area contributed by atoms with Crippen molar-refractivity contribution in [1.82, 2.24) is 16.0 Å². The summed E-state index contributed by atoms with van der Waals surface area (Å²) >= 11 is 0. The van der Waals surface area contributed by atoms with Crippen molar-refractivity contribution in [2.45, 2.75) is 31.0 Å². The van der Waals surface area contributed by atoms with Gasteiger partial charge in [0.2, 0.25) is 29.5 Å². The molecule has 0 heterocycles. The molecule has 0 aliphatic rings. The maximum Gasteiger partial charge on any atom is 0.322 e. The molecule has 0 fully saturated rings. The van der Waals surface area contributed by atoms with Crippen LogP contribution in [0.3, 0.4) is 0 Å². The number of nitrogens with one attached hydrogen (secondary N) is 3. The van der Waals surface area contributed by atoms with Crippen LogP contribution in [0.4, 0.5) is 0 Å². The molecule has 0 aromatic heterocycles. The Morgan fingerprint density at radius 3 is 1.78 bits per heavy atom. The number of carboxylic acid groups (broad SMARTS) is 1. The monoisotopic (exact) mass is 390 g/mol. The van der Waals surface area contributed by atoms with Crippen LogP contribution in [0.1, 0.15) is 12.8 Å². The second kappa shape index (κ2) is 11.4. The van der Waals surface area contributed by atoms with Crippen LogP contribution in [-0.2, 0) is 28.8 Å². The summed E-state index contributed by atoms with van der Waals surface area (Å²) in [4.78, 5) is 68.1. The average Bonchev–Trinajstić information content (AvgIpc) is 2.55. The van der Waals surface area contributed by atoms with Gasteiger partial charge in [-0.3, -0.25) is 28.8 Å². The summed E-state index contributed by atoms with van der Waals surface area (Å²) in [6.45, 7) is -1.65. The Hall–Kier alpha value is -3.26. The summed E-state index contributed by atoms with van der Waals surface area (Å²) in [6.07, 6.45) is -1.19. The number of carbonyl (C=O) groups excluding carboxylic acids is 5. The highest BCUT2D eigenvalue weighted by molar-refractivity contribution is 5.96. The van der Waals surface area contributed by atoms with Gasteiger partial charge in [0.05, 0.1) is 25.5 Å². The number of primary amides is 2. The van der Waals surface area contributed by atoms with E-state index in [-0.39, 0.29) is 0 Å². The average molecular weight is 390 g/mol. The largest absolute Gasteiger partial charge is 0.480 e. The fourth-order valence-electron chi connectivity index (χ4n) is 1.75. The van der Waals surface area contributed by atoms with E-state index >= 15 is 0 Å². The quantitative estimate of drug-likeness (QED) is 0.157. The predicted molar refractivity (Wildman–Crippen MR) is 87.2 cm³/mol. The molecule has 14 heteroatoms. The molecule has 0 saturated carbocycles. The van der Waals surface area contributed by atoms with Crippen molar-refractivity contribution in [1.29, 1.82) is 0 Å². The molecule has 27 heavy (non-hydrogen) atoms. The van der Waals surface area contributed by atoms with Crippen LogP contribution >= 0.6 is 0 Å². The third kappa shape index (κ3) is 9.71. The van der Waals surface area contributed by atoms with Crippen LogP contribution < -0.4 is 33.2 Å². The third-order valence-electron chi connectivity index (χ3n) is 3.03. The van der Waals surface area contributed by atoms with E-state index in [0.29, 0.717) is 0 Å². The number of amides is 5. The zero-order valence-corrected chi connectivity index (χ0v) is 14.1. The molecule has 0 spiro atoms. The van der Waals surface area contributed by atoms with E-state index in [4.69, 9.17) is 22.3 Å². The van der Waals surface area contributed by atoms with Gasteiger partial charge < -0.3 is 43.4 Å². The highest BCUT2D eigenvalue weighted by Crippen LogP contribution is 1.97. The Bertz CT molecular complexity index is 610. The van der Waals surface area contributed by atoms with E-state index in [1.165, 1.54) is 0 Å². The van der Waals surface area contributed by atoms with Gasteiger partial charge in [-0.15, -0.1) is 0 Å². The lowest BCUT2D eigenvalue weighted by Crippen LogP contribution is -2.57. The van der Waals surface area contributed by atoms with Crippen LogP contribution in [0, 0.1) is 0 Å². The minimum Gasteiger partial charge on any atom is -0.480 e. The lowest BCUT2D eigenvalue weighted by Gasteiger charge is -2.22. The summed E-state index contributed by atoms with van der Waals surface area (Å²) in [6, 6.07) is -4.50. The molecule has 3 unspecified atom stereocenters. The van der Waals surface area contributed by atoms with Gasteiger partial charge in [0.25, 0.3) is 0 Å². The van der Waals surface area contributed by atoms with Gasteiger partial charge in [0, 0.05) is 0 Å². The molecule has 152 valence electrons. The standard InChI is InChI=1S/C13H22N6O8/c14-5(1-8(15)21)11(25)18-6(2-9(16)22)13(27)19-7(4-20)12(26)17-3-10(23)24/h5-7,20H,1-4,14H2,(H2,15,21)(H2,16,22)(H,17,26)(H,18,25)(H,19,27)(H,23,24). The van der Waals surface area contributed by atoms with Gasteiger partial charge in [-0.05, 0) is 0 Å². The Morgan fingerprint density at radius 2 is 1.33 bits per heavy atom. The maximum absolute atomic E-state index is 12.2. The van der Waals surface area contributed by atoms with Gasteiger partial charge in [-0.1, -0.05) is 0 Å². The Labute approximate surface area is 152 Å². The van der Waals surface area contributed by atoms with E-state index in [2.05, 4.69) is 5.32 Å². The molecule has 0 rings (SSSR count). The van der Waals surface area contributed by atoms with Gasteiger partial charge in [-0.2, -0.15) is 0 Å². The Morgan fingerprint density at radius 1 is 0.815 bits per heavy atom. The summed E-state index contributed by atoms with van der Waals surface area (Å²) < 4.78 is 0. The number of nitrogens with two attached hydrogens (primary N) is 3. The lowest BCUT2D eigenvalue weighted by atomic mass is 10.1. The minimum atomic E-state index is -1.56. The topological polar surface area (TPSA) is 257 Å². The minimum absolute atomic E-state index is 0.520. The molecule has 0 bridgehead atoms. The smallest absolute Gasteiger partial charge is 0.322 e. The van der Waals surface area contributed by atoms with E-state index in [9.17, 15) is 33.9 Å². The summed E-state index contributed by atoms with van der Waals surface area (Å²) in [5.74, 6) is -6.26. The third-order valence-corrected chi connectivity index (χ3v) is 3.03. The molecule has 0 aliphatic carbocycles. The molecule has 11 N–H and O–H groups in total. The van der Waals surface area contributed by atoms with Gasteiger partial charge >= 0.3 is 5.97 Å². The first kappa shape index (κ1) is 23.7. The van der Waals surface area contributed by atoms with E-state index in [1.54, 1.807) is 0 Å². The van der Waals surface area contributed by atoms with Gasteiger partial charge in [0.1, 0.15) is 18.6 Å². The summed E-state index contributed by atoms with van der Waals surface area (Å²) in [5, 5.41) is 23.7. The Kier molecular flexibility index (Phi) is 10.0. The number of hydrogen-bond donors (Lipinski definition) is 8. The molecule has 0 radical (unpaired) electrons. The normalized spacial score (nSPS) is 13.6. The predicted octanol–water partition coefficient (Wildman–Crippen LogP) is -5.77. The number of carbonyl (C=O) groups is 6. The molecule has 0 saturated heterocycles. The zero-order valence-electron chi connectivity index (χ0n) is 14.1. The summed E-state index contributed by atoms with van der Waals surface area (Å²) in [7, 11) is 0. The zero-order chi connectivity index (χ0) is 21.1. The SMILES string of the molecule is NC(=O)CC(N)C(=O)NC(CC(N)=O)C(=O)NC(CO)C(=O)NCC(=O)O. The van der Waals surface area contributed by atoms with Crippen molar-refractivity contribution in [2.24, 2.45) is 17.2 Å². The summed E-state index contributed by atoms with van der Waals surface area (Å²) in [5.41, 5.74) is 15.3. The first-order valence-electron chi connectivity index (χ1n) is 7.51. The van der Waals surface area contributed by atoms with Crippen LogP contribution in [0.5, 0.6) is 0 Å². The molecule has 5 amide bonds. The van der Waals surface area contributed by atoms with E-state index < -0.39 is 79.6 Å². The van der Waals surface area contributed by atoms with Gasteiger partial charge in [0.15, 0.2) is 0 Å². The number of aliphatic hydroxyl groups is 1. The first-order valence-corrected chi connectivity index (χ1v) is 7.51. The first-order chi connectivity index (χ1) is 12.5. The molecular weight excluding hydrogens is 368 g/mol. The highest BCUT2D eigenvalue weighted by atomic mass is 16.4. The van der Waals surface area contributed by atoms with E-state index in [1.807, 2.05) is 10.6 Å². The maximum atomic E-state index is 12.2. The van der Waals surface area contributed by atoms with E-state index in [0.717, 1.165) is 0 Å². The number of aliphatic carboxylic acids is 1. The van der Waals surface area contributed by atoms with Crippen LogP contribution in [0.2, 0.25) is 0 Å². The fourth-order valence-corrected chi connectivity index (χ4v) is 1.75. The number of aliphatic hydroxyl groups excluding tert-OH is 1. The van der Waals surface area contributed by atoms with Crippen molar-refractivity contribution in [2.75, 3.05) is 13.2 Å². The van der Waals surface area contributed by atoms with Gasteiger partial charge in [-0.25, -0.2) is 0 Å². The molecule has 3 atom stereocenters. The van der Waals surface area contributed by atoms with Crippen LogP contribution in [-0.4, -0.2) is 77.0 Å². The van der Waals surface area contributed by atoms with Crippen molar-refractivity contribution in [3.8, 4) is 0 Å². The van der Waals surface area contributed by atoms with Crippen molar-refractivity contribution >= 4 is 35.5 Å². The number of hydrogen-bond acceptors (Lipinski definition) is 8. The Balaban J connectivity index is 5.05. The lowest BCUT2D eigenvalue weighted by molar-refractivity contribution is -0.139. The van der Waals surface area contributed by atoms with Crippen LogP contribution in [0.15, 0.2) is 0 Å². The molecule has 0 aromatic carbocycles. The molecule has 14 nitrogen and oxygen atoms in total. The molecule has 0 aromatic rings. The second-order valence-corrected chi connectivity index (χ2v) is 5.36. The van der Waals surface area contributed by atoms with Crippen molar-refractivity contribution < 1.29 is 39.0 Å². The number of carboxylic acids is 1. The molecular formula is C13H22N6O8. The second-order valence-electron chi connectivity index (χ2n) is 5.36. The molecule has 0 aliphatic heterocycles. The van der Waals surface area contributed by atoms with Crippen molar-refractivity contribution in [3.05, 3.63) is 0 Å². The fraction of sp³-hybridized carbons (Fsp3) is 0.538. The van der Waals surface area contributed by atoms with Crippen molar-refractivity contribution in [3.63, 3.8) is 0 Å².